The molecule has 148 valence electrons. The van der Waals surface area contributed by atoms with Crippen molar-refractivity contribution in [1.29, 1.82) is 0 Å². The molecule has 2 aliphatic heterocycles. The molecule has 3 rings (SSSR count). The van der Waals surface area contributed by atoms with Gasteiger partial charge in [0, 0.05) is 23.1 Å². The standard InChI is InChI=1S/C19H19BrN2O5S/c1-2-7-27-15-4-3-14(20)10-13(15)11-16-18(24)22(19(25)28-16)12-17(23)21-5-8-26-9-6-21/h2-4,10-11H,1,5-9,12H2/b16-11+. The molecule has 3 amide bonds. The summed E-state index contributed by atoms with van der Waals surface area (Å²) >= 11 is 4.21. The van der Waals surface area contributed by atoms with E-state index >= 15 is 0 Å². The first-order valence-electron chi connectivity index (χ1n) is 8.63. The van der Waals surface area contributed by atoms with Gasteiger partial charge in [-0.3, -0.25) is 19.3 Å². The Balaban J connectivity index is 1.76. The van der Waals surface area contributed by atoms with Crippen LogP contribution in [0.5, 0.6) is 5.75 Å². The second-order valence-electron chi connectivity index (χ2n) is 6.04. The van der Waals surface area contributed by atoms with Gasteiger partial charge in [0.05, 0.1) is 18.1 Å². The fraction of sp³-hybridized carbons (Fsp3) is 0.316. The smallest absolute Gasteiger partial charge is 0.294 e. The van der Waals surface area contributed by atoms with E-state index in [0.717, 1.165) is 21.1 Å². The van der Waals surface area contributed by atoms with Crippen LogP contribution in [0.25, 0.3) is 6.08 Å². The first-order valence-corrected chi connectivity index (χ1v) is 10.2. The van der Waals surface area contributed by atoms with Crippen molar-refractivity contribution in [3.05, 3.63) is 45.8 Å². The number of carbonyl (C=O) groups is 3. The summed E-state index contributed by atoms with van der Waals surface area (Å²) in [4.78, 5) is 40.2. The molecule has 2 fully saturated rings. The van der Waals surface area contributed by atoms with Gasteiger partial charge in [-0.2, -0.15) is 0 Å². The fourth-order valence-electron chi connectivity index (χ4n) is 2.74. The normalized spacial score (nSPS) is 18.7. The number of ether oxygens (including phenoxy) is 2. The van der Waals surface area contributed by atoms with Crippen molar-refractivity contribution in [1.82, 2.24) is 9.80 Å². The summed E-state index contributed by atoms with van der Waals surface area (Å²) in [5.41, 5.74) is 0.654. The Bertz CT molecular complexity index is 836. The predicted octanol–water partition coefficient (Wildman–Crippen LogP) is 2.91. The zero-order valence-corrected chi connectivity index (χ0v) is 17.5. The van der Waals surface area contributed by atoms with Crippen molar-refractivity contribution in [2.45, 2.75) is 0 Å². The lowest BCUT2D eigenvalue weighted by Gasteiger charge is -2.28. The first-order chi connectivity index (χ1) is 13.5. The van der Waals surface area contributed by atoms with E-state index in [4.69, 9.17) is 9.47 Å². The van der Waals surface area contributed by atoms with E-state index in [1.165, 1.54) is 0 Å². The Morgan fingerprint density at radius 1 is 1.32 bits per heavy atom. The van der Waals surface area contributed by atoms with Crippen LogP contribution >= 0.6 is 27.7 Å². The van der Waals surface area contributed by atoms with Crippen LogP contribution in [-0.4, -0.2) is 66.3 Å². The molecule has 7 nitrogen and oxygen atoms in total. The van der Waals surface area contributed by atoms with Gasteiger partial charge in [-0.1, -0.05) is 28.6 Å². The topological polar surface area (TPSA) is 76.2 Å². The van der Waals surface area contributed by atoms with E-state index in [9.17, 15) is 14.4 Å². The van der Waals surface area contributed by atoms with Crippen LogP contribution in [0.1, 0.15) is 5.56 Å². The van der Waals surface area contributed by atoms with Crippen LogP contribution in [-0.2, 0) is 14.3 Å². The Morgan fingerprint density at radius 2 is 2.07 bits per heavy atom. The molecule has 9 heteroatoms. The third kappa shape index (κ3) is 4.84. The molecule has 1 aromatic carbocycles. The number of benzene rings is 1. The summed E-state index contributed by atoms with van der Waals surface area (Å²) in [6.45, 7) is 5.53. The quantitative estimate of drug-likeness (QED) is 0.473. The number of carbonyl (C=O) groups excluding carboxylic acids is 3. The number of halogens is 1. The van der Waals surface area contributed by atoms with Crippen LogP contribution in [0.2, 0.25) is 0 Å². The molecule has 2 heterocycles. The van der Waals surface area contributed by atoms with E-state index in [1.54, 1.807) is 29.2 Å². The van der Waals surface area contributed by atoms with Crippen LogP contribution in [0.4, 0.5) is 4.79 Å². The third-order valence-electron chi connectivity index (χ3n) is 4.15. The van der Waals surface area contributed by atoms with Crippen LogP contribution < -0.4 is 4.74 Å². The highest BCUT2D eigenvalue weighted by molar-refractivity contribution is 9.10. The van der Waals surface area contributed by atoms with Crippen molar-refractivity contribution in [2.24, 2.45) is 0 Å². The lowest BCUT2D eigenvalue weighted by Crippen LogP contribution is -2.46. The maximum absolute atomic E-state index is 12.7. The number of hydrogen-bond acceptors (Lipinski definition) is 6. The molecular formula is C19H19BrN2O5S. The minimum Gasteiger partial charge on any atom is -0.489 e. The minimum absolute atomic E-state index is 0.251. The molecule has 0 aromatic heterocycles. The van der Waals surface area contributed by atoms with E-state index in [-0.39, 0.29) is 17.4 Å². The number of hydrogen-bond donors (Lipinski definition) is 0. The summed E-state index contributed by atoms with van der Waals surface area (Å²) in [6, 6.07) is 5.39. The Labute approximate surface area is 175 Å². The average Bonchev–Trinajstić information content (AvgIpc) is 2.95. The molecule has 0 saturated carbocycles. The molecule has 28 heavy (non-hydrogen) atoms. The molecular weight excluding hydrogens is 448 g/mol. The fourth-order valence-corrected chi connectivity index (χ4v) is 3.95. The van der Waals surface area contributed by atoms with E-state index in [1.807, 2.05) is 6.07 Å². The van der Waals surface area contributed by atoms with Crippen molar-refractivity contribution >= 4 is 50.8 Å². The first kappa shape index (κ1) is 20.6. The maximum Gasteiger partial charge on any atom is 0.294 e. The van der Waals surface area contributed by atoms with Gasteiger partial charge in [0.1, 0.15) is 18.9 Å². The van der Waals surface area contributed by atoms with Crippen molar-refractivity contribution in [2.75, 3.05) is 39.5 Å². The monoisotopic (exact) mass is 466 g/mol. The molecule has 0 radical (unpaired) electrons. The van der Waals surface area contributed by atoms with Gasteiger partial charge < -0.3 is 14.4 Å². The highest BCUT2D eigenvalue weighted by Gasteiger charge is 2.37. The zero-order valence-electron chi connectivity index (χ0n) is 15.1. The number of nitrogens with zero attached hydrogens (tertiary/aromatic N) is 2. The maximum atomic E-state index is 12.7. The number of morpholine rings is 1. The summed E-state index contributed by atoms with van der Waals surface area (Å²) in [7, 11) is 0. The molecule has 0 bridgehead atoms. The number of amides is 3. The van der Waals surface area contributed by atoms with Gasteiger partial charge in [-0.25, -0.2) is 0 Å². The molecule has 0 atom stereocenters. The van der Waals surface area contributed by atoms with Crippen molar-refractivity contribution in [3.8, 4) is 5.75 Å². The summed E-state index contributed by atoms with van der Waals surface area (Å²) in [5, 5.41) is -0.457. The Morgan fingerprint density at radius 3 is 2.79 bits per heavy atom. The Hall–Kier alpha value is -2.10. The second-order valence-corrected chi connectivity index (χ2v) is 7.95. The van der Waals surface area contributed by atoms with Gasteiger partial charge in [0.2, 0.25) is 5.91 Å². The molecule has 2 aliphatic rings. The highest BCUT2D eigenvalue weighted by atomic mass is 79.9. The average molecular weight is 467 g/mol. The number of thioether (sulfide) groups is 1. The molecule has 0 spiro atoms. The second kappa shape index (κ2) is 9.40. The zero-order chi connectivity index (χ0) is 20.1. The van der Waals surface area contributed by atoms with Crippen LogP contribution in [0, 0.1) is 0 Å². The van der Waals surface area contributed by atoms with E-state index in [0.29, 0.717) is 44.2 Å². The minimum atomic E-state index is -0.480. The van der Waals surface area contributed by atoms with Crippen LogP contribution in [0.15, 0.2) is 40.2 Å². The lowest BCUT2D eigenvalue weighted by molar-refractivity contribution is -0.139. The predicted molar refractivity (Wildman–Crippen MR) is 110 cm³/mol. The van der Waals surface area contributed by atoms with Gasteiger partial charge in [-0.05, 0) is 36.0 Å². The largest absolute Gasteiger partial charge is 0.489 e. The van der Waals surface area contributed by atoms with E-state index < -0.39 is 11.1 Å². The van der Waals surface area contributed by atoms with Gasteiger partial charge >= 0.3 is 0 Å². The number of imide groups is 1. The van der Waals surface area contributed by atoms with Crippen molar-refractivity contribution < 1.29 is 23.9 Å². The van der Waals surface area contributed by atoms with Gasteiger partial charge in [0.25, 0.3) is 11.1 Å². The Kier molecular flexibility index (Phi) is 6.93. The number of rotatable bonds is 6. The van der Waals surface area contributed by atoms with Gasteiger partial charge in [0.15, 0.2) is 0 Å². The van der Waals surface area contributed by atoms with Crippen molar-refractivity contribution in [3.63, 3.8) is 0 Å². The third-order valence-corrected chi connectivity index (χ3v) is 5.55. The lowest BCUT2D eigenvalue weighted by atomic mass is 10.2. The highest BCUT2D eigenvalue weighted by Crippen LogP contribution is 2.34. The van der Waals surface area contributed by atoms with Gasteiger partial charge in [-0.15, -0.1) is 0 Å². The molecule has 2 saturated heterocycles. The summed E-state index contributed by atoms with van der Waals surface area (Å²) in [5.74, 6) is -0.171. The molecule has 0 aliphatic carbocycles. The summed E-state index contributed by atoms with van der Waals surface area (Å²) in [6.07, 6.45) is 3.23. The summed E-state index contributed by atoms with van der Waals surface area (Å²) < 4.78 is 11.6. The molecule has 0 N–H and O–H groups in total. The van der Waals surface area contributed by atoms with Crippen LogP contribution in [0.3, 0.4) is 0 Å². The SMILES string of the molecule is C=CCOc1ccc(Br)cc1/C=C1/SC(=O)N(CC(=O)N2CCOCC2)C1=O. The molecule has 1 aromatic rings. The molecule has 0 unspecified atom stereocenters. The van der Waals surface area contributed by atoms with E-state index in [2.05, 4.69) is 22.5 Å².